The quantitative estimate of drug-likeness (QED) is 0.493. The van der Waals surface area contributed by atoms with Crippen LogP contribution in [0.5, 0.6) is 0 Å². The van der Waals surface area contributed by atoms with Gasteiger partial charge in [0.2, 0.25) is 0 Å². The Balaban J connectivity index is 1.20. The number of piperazine rings is 1. The molecular formula is C26H28N4OS. The lowest BCUT2D eigenvalue weighted by atomic mass is 10.1. The average Bonchev–Trinajstić information content (AvgIpc) is 3.49. The SMILES string of the molecule is O=c1[nH]c2ccccc2cc1-c1cc2cc(CN3CCN(C4CCSC4)CC3)ccc2[nH]1. The summed E-state index contributed by atoms with van der Waals surface area (Å²) in [5, 5.41) is 2.20. The van der Waals surface area contributed by atoms with Crippen molar-refractivity contribution >= 4 is 33.6 Å². The van der Waals surface area contributed by atoms with Gasteiger partial charge in [-0.05, 0) is 53.5 Å². The van der Waals surface area contributed by atoms with E-state index in [1.165, 1.54) is 36.6 Å². The molecule has 1 atom stereocenters. The van der Waals surface area contributed by atoms with Crippen LogP contribution in [-0.2, 0) is 6.54 Å². The van der Waals surface area contributed by atoms with Crippen molar-refractivity contribution in [1.29, 1.82) is 0 Å². The molecule has 0 amide bonds. The summed E-state index contributed by atoms with van der Waals surface area (Å²) in [6.45, 7) is 5.65. The van der Waals surface area contributed by atoms with E-state index in [0.29, 0.717) is 5.56 Å². The van der Waals surface area contributed by atoms with Gasteiger partial charge in [0.25, 0.3) is 5.56 Å². The third-order valence-corrected chi connectivity index (χ3v) is 8.11. The van der Waals surface area contributed by atoms with Gasteiger partial charge >= 0.3 is 0 Å². The lowest BCUT2D eigenvalue weighted by Gasteiger charge is -2.37. The molecule has 2 aromatic carbocycles. The predicted octanol–water partition coefficient (Wildman–Crippen LogP) is 4.30. The van der Waals surface area contributed by atoms with E-state index in [1.807, 2.05) is 30.3 Å². The molecule has 6 heteroatoms. The molecule has 5 nitrogen and oxygen atoms in total. The van der Waals surface area contributed by atoms with Crippen LogP contribution in [-0.4, -0.2) is 63.5 Å². The summed E-state index contributed by atoms with van der Waals surface area (Å²) >= 11 is 2.10. The van der Waals surface area contributed by atoms with Gasteiger partial charge in [0.15, 0.2) is 0 Å². The molecule has 0 radical (unpaired) electrons. The summed E-state index contributed by atoms with van der Waals surface area (Å²) in [5.74, 6) is 2.64. The number of para-hydroxylation sites is 1. The molecule has 1 unspecified atom stereocenters. The fraction of sp³-hybridized carbons (Fsp3) is 0.346. The molecule has 6 rings (SSSR count). The zero-order valence-electron chi connectivity index (χ0n) is 18.1. The van der Waals surface area contributed by atoms with E-state index in [2.05, 4.69) is 55.8 Å². The topological polar surface area (TPSA) is 55.1 Å². The Labute approximate surface area is 191 Å². The van der Waals surface area contributed by atoms with Gasteiger partial charge in [-0.15, -0.1) is 0 Å². The number of rotatable bonds is 4. The molecule has 2 N–H and O–H groups in total. The molecule has 2 fully saturated rings. The van der Waals surface area contributed by atoms with E-state index in [-0.39, 0.29) is 5.56 Å². The minimum absolute atomic E-state index is 0.0611. The van der Waals surface area contributed by atoms with Gasteiger partial charge in [-0.1, -0.05) is 24.3 Å². The number of hydrogen-bond acceptors (Lipinski definition) is 4. The smallest absolute Gasteiger partial charge is 0.257 e. The van der Waals surface area contributed by atoms with E-state index in [0.717, 1.165) is 53.2 Å². The van der Waals surface area contributed by atoms with Gasteiger partial charge in [-0.3, -0.25) is 14.6 Å². The molecule has 0 bridgehead atoms. The van der Waals surface area contributed by atoms with Crippen molar-refractivity contribution in [3.8, 4) is 11.3 Å². The number of thioether (sulfide) groups is 1. The fourth-order valence-electron chi connectivity index (χ4n) is 5.13. The number of benzene rings is 2. The third-order valence-electron chi connectivity index (χ3n) is 6.96. The Morgan fingerprint density at radius 2 is 1.75 bits per heavy atom. The second-order valence-electron chi connectivity index (χ2n) is 9.03. The normalized spacial score (nSPS) is 20.4. The first-order chi connectivity index (χ1) is 15.7. The number of aromatic nitrogens is 2. The highest BCUT2D eigenvalue weighted by atomic mass is 32.2. The Bertz CT molecular complexity index is 1310. The summed E-state index contributed by atoms with van der Waals surface area (Å²) in [4.78, 5) is 24.4. The van der Waals surface area contributed by atoms with Crippen LogP contribution in [0.1, 0.15) is 12.0 Å². The van der Waals surface area contributed by atoms with Crippen LogP contribution in [0.3, 0.4) is 0 Å². The molecule has 0 aliphatic carbocycles. The number of nitrogens with zero attached hydrogens (tertiary/aromatic N) is 2. The molecule has 0 spiro atoms. The lowest BCUT2D eigenvalue weighted by Crippen LogP contribution is -2.50. The van der Waals surface area contributed by atoms with Gasteiger partial charge in [0.05, 0.1) is 11.3 Å². The average molecular weight is 445 g/mol. The lowest BCUT2D eigenvalue weighted by molar-refractivity contribution is 0.100. The summed E-state index contributed by atoms with van der Waals surface area (Å²) in [5.41, 5.74) is 4.76. The summed E-state index contributed by atoms with van der Waals surface area (Å²) in [7, 11) is 0. The van der Waals surface area contributed by atoms with Gasteiger partial charge in [-0.25, -0.2) is 0 Å². The molecule has 164 valence electrons. The summed E-state index contributed by atoms with van der Waals surface area (Å²) in [6.07, 6.45) is 1.36. The van der Waals surface area contributed by atoms with Crippen LogP contribution < -0.4 is 5.56 Å². The molecule has 0 saturated carbocycles. The highest BCUT2D eigenvalue weighted by Gasteiger charge is 2.26. The maximum atomic E-state index is 12.7. The second-order valence-corrected chi connectivity index (χ2v) is 10.2. The Morgan fingerprint density at radius 3 is 2.59 bits per heavy atom. The summed E-state index contributed by atoms with van der Waals surface area (Å²) in [6, 6.07) is 19.4. The van der Waals surface area contributed by atoms with E-state index >= 15 is 0 Å². The number of aromatic amines is 2. The predicted molar refractivity (Wildman–Crippen MR) is 134 cm³/mol. The Kier molecular flexibility index (Phi) is 5.29. The van der Waals surface area contributed by atoms with Gasteiger partial charge in [0, 0.05) is 60.9 Å². The van der Waals surface area contributed by atoms with Crippen molar-refractivity contribution in [1.82, 2.24) is 19.8 Å². The van der Waals surface area contributed by atoms with Crippen molar-refractivity contribution < 1.29 is 0 Å². The largest absolute Gasteiger partial charge is 0.354 e. The molecule has 32 heavy (non-hydrogen) atoms. The molecule has 2 aliphatic heterocycles. The van der Waals surface area contributed by atoms with Crippen molar-refractivity contribution in [3.05, 3.63) is 70.5 Å². The standard InChI is InChI=1S/C26H28N4OS/c31-26-22(14-19-3-1-2-4-23(19)28-26)25-15-20-13-18(5-6-24(20)27-25)16-29-8-10-30(11-9-29)21-7-12-32-17-21/h1-6,13-15,21,27H,7-12,16-17H2,(H,28,31). The highest BCUT2D eigenvalue weighted by Crippen LogP contribution is 2.26. The number of H-pyrrole nitrogens is 2. The maximum Gasteiger partial charge on any atom is 0.257 e. The van der Waals surface area contributed by atoms with Crippen LogP contribution in [0.2, 0.25) is 0 Å². The Hall–Kier alpha value is -2.54. The monoisotopic (exact) mass is 444 g/mol. The first-order valence-electron chi connectivity index (χ1n) is 11.5. The number of nitrogens with one attached hydrogen (secondary N) is 2. The van der Waals surface area contributed by atoms with Crippen LogP contribution in [0, 0.1) is 0 Å². The third kappa shape index (κ3) is 3.87. The minimum atomic E-state index is -0.0611. The minimum Gasteiger partial charge on any atom is -0.354 e. The molecule has 2 aromatic heterocycles. The summed E-state index contributed by atoms with van der Waals surface area (Å²) < 4.78 is 0. The molecule has 4 heterocycles. The number of pyridine rings is 1. The number of fused-ring (bicyclic) bond motifs is 2. The van der Waals surface area contributed by atoms with Gasteiger partial charge in [-0.2, -0.15) is 11.8 Å². The fourth-order valence-corrected chi connectivity index (χ4v) is 6.38. The van der Waals surface area contributed by atoms with Crippen LogP contribution in [0.25, 0.3) is 33.1 Å². The Morgan fingerprint density at radius 1 is 0.906 bits per heavy atom. The van der Waals surface area contributed by atoms with E-state index in [9.17, 15) is 4.79 Å². The first kappa shape index (κ1) is 20.1. The van der Waals surface area contributed by atoms with Crippen LogP contribution >= 0.6 is 11.8 Å². The zero-order valence-corrected chi connectivity index (χ0v) is 19.0. The molecule has 4 aromatic rings. The van der Waals surface area contributed by atoms with Crippen molar-refractivity contribution in [2.75, 3.05) is 37.7 Å². The van der Waals surface area contributed by atoms with Crippen molar-refractivity contribution in [2.24, 2.45) is 0 Å². The zero-order chi connectivity index (χ0) is 21.5. The van der Waals surface area contributed by atoms with Gasteiger partial charge < -0.3 is 9.97 Å². The van der Waals surface area contributed by atoms with Crippen molar-refractivity contribution in [3.63, 3.8) is 0 Å². The van der Waals surface area contributed by atoms with Gasteiger partial charge in [0.1, 0.15) is 0 Å². The van der Waals surface area contributed by atoms with Crippen LogP contribution in [0.15, 0.2) is 59.4 Å². The molecular weight excluding hydrogens is 416 g/mol. The molecule has 2 saturated heterocycles. The highest BCUT2D eigenvalue weighted by molar-refractivity contribution is 7.99. The molecule has 2 aliphatic rings. The second kappa shape index (κ2) is 8.43. The van der Waals surface area contributed by atoms with Crippen molar-refractivity contribution in [2.45, 2.75) is 19.0 Å². The van der Waals surface area contributed by atoms with E-state index in [4.69, 9.17) is 0 Å². The van der Waals surface area contributed by atoms with E-state index in [1.54, 1.807) is 0 Å². The maximum absolute atomic E-state index is 12.7. The van der Waals surface area contributed by atoms with E-state index < -0.39 is 0 Å². The first-order valence-corrected chi connectivity index (χ1v) is 12.7. The number of hydrogen-bond donors (Lipinski definition) is 2. The van der Waals surface area contributed by atoms with Crippen LogP contribution in [0.4, 0.5) is 0 Å².